The monoisotopic (exact) mass is 454 g/mol. The van der Waals surface area contributed by atoms with E-state index in [0.717, 1.165) is 5.39 Å². The van der Waals surface area contributed by atoms with Crippen molar-refractivity contribution in [1.82, 2.24) is 10.3 Å². The number of halogens is 1. The number of aromatic nitrogens is 1. The number of fused-ring (bicyclic) bond motifs is 1. The van der Waals surface area contributed by atoms with Gasteiger partial charge in [-0.25, -0.2) is 14.6 Å². The Balaban J connectivity index is 1.83. The number of amides is 1. The molecule has 1 N–H and O–H groups in total. The van der Waals surface area contributed by atoms with Crippen LogP contribution in [0.5, 0.6) is 11.6 Å². The number of rotatable bonds is 5. The van der Waals surface area contributed by atoms with Crippen molar-refractivity contribution in [2.45, 2.75) is 26.4 Å². The fourth-order valence-corrected chi connectivity index (χ4v) is 2.86. The van der Waals surface area contributed by atoms with Crippen molar-refractivity contribution in [3.05, 3.63) is 70.9 Å². The number of carbonyl (C=O) groups is 2. The summed E-state index contributed by atoms with van der Waals surface area (Å²) in [4.78, 5) is 28.7. The van der Waals surface area contributed by atoms with E-state index < -0.39 is 17.7 Å². The number of hydrogen-bond donors (Lipinski definition) is 1. The van der Waals surface area contributed by atoms with Crippen molar-refractivity contribution in [1.29, 1.82) is 0 Å². The normalized spacial score (nSPS) is 11.7. The molecule has 0 saturated carbocycles. The van der Waals surface area contributed by atoms with Gasteiger partial charge in [-0.2, -0.15) is 0 Å². The number of alkyl carbamates (subject to hydrolysis) is 1. The van der Waals surface area contributed by atoms with Crippen molar-refractivity contribution in [2.24, 2.45) is 0 Å². The molecule has 0 fully saturated rings. The van der Waals surface area contributed by atoms with Crippen molar-refractivity contribution in [3.63, 3.8) is 0 Å². The number of pyridine rings is 1. The largest absolute Gasteiger partial charge is 0.464 e. The Morgan fingerprint density at radius 3 is 2.41 bits per heavy atom. The summed E-state index contributed by atoms with van der Waals surface area (Å²) in [5.41, 5.74) is 0.623. The third-order valence-electron chi connectivity index (χ3n) is 4.08. The summed E-state index contributed by atoms with van der Waals surface area (Å²) in [7, 11) is 1.24. The molecule has 2 aromatic carbocycles. The minimum atomic E-state index is -0.749. The quantitative estimate of drug-likeness (QED) is 0.392. The van der Waals surface area contributed by atoms with E-state index in [1.54, 1.807) is 63.2 Å². The Kier molecular flexibility index (Phi) is 7.00. The zero-order valence-electron chi connectivity index (χ0n) is 18.1. The minimum Gasteiger partial charge on any atom is -0.464 e. The van der Waals surface area contributed by atoms with Gasteiger partial charge >= 0.3 is 12.1 Å². The van der Waals surface area contributed by atoms with E-state index in [9.17, 15) is 9.59 Å². The van der Waals surface area contributed by atoms with E-state index in [1.807, 2.05) is 12.1 Å². The van der Waals surface area contributed by atoms with Crippen LogP contribution in [0.2, 0.25) is 5.02 Å². The van der Waals surface area contributed by atoms with Gasteiger partial charge < -0.3 is 14.2 Å². The summed E-state index contributed by atoms with van der Waals surface area (Å²) in [6.07, 6.45) is 0.758. The zero-order valence-corrected chi connectivity index (χ0v) is 18.9. The van der Waals surface area contributed by atoms with Crippen LogP contribution < -0.4 is 10.1 Å². The van der Waals surface area contributed by atoms with Crippen molar-refractivity contribution in [3.8, 4) is 11.6 Å². The zero-order chi connectivity index (χ0) is 23.3. The lowest BCUT2D eigenvalue weighted by Crippen LogP contribution is -2.34. The summed E-state index contributed by atoms with van der Waals surface area (Å²) in [6, 6.07) is 16.0. The SMILES string of the molecule is COC(=O)/C(=C\c1ccc2nc(Oc3ccc(Cl)cc3)ccc2c1)NC(=O)OC(C)(C)C. The smallest absolute Gasteiger partial charge is 0.412 e. The van der Waals surface area contributed by atoms with E-state index in [2.05, 4.69) is 10.3 Å². The molecule has 3 aromatic rings. The molecule has 166 valence electrons. The number of methoxy groups -OCH3 is 1. The van der Waals surface area contributed by atoms with Crippen LogP contribution in [0.25, 0.3) is 17.0 Å². The molecular weight excluding hydrogens is 432 g/mol. The van der Waals surface area contributed by atoms with E-state index in [4.69, 9.17) is 25.8 Å². The highest BCUT2D eigenvalue weighted by Crippen LogP contribution is 2.25. The second-order valence-corrected chi connectivity index (χ2v) is 8.27. The molecule has 32 heavy (non-hydrogen) atoms. The molecule has 0 aliphatic rings. The van der Waals surface area contributed by atoms with Gasteiger partial charge in [0.15, 0.2) is 0 Å². The summed E-state index contributed by atoms with van der Waals surface area (Å²) < 4.78 is 15.7. The topological polar surface area (TPSA) is 86.8 Å². The maximum absolute atomic E-state index is 12.1. The summed E-state index contributed by atoms with van der Waals surface area (Å²) >= 11 is 5.89. The van der Waals surface area contributed by atoms with Crippen LogP contribution in [0.4, 0.5) is 4.79 Å². The standard InChI is InChI=1S/C24H23ClN2O5/c1-24(2,3)32-23(29)27-20(22(28)30-4)14-15-5-11-19-16(13-15)6-12-21(26-19)31-18-9-7-17(25)8-10-18/h5-14H,1-4H3,(H,27,29)/b20-14+. The summed E-state index contributed by atoms with van der Waals surface area (Å²) in [6.45, 7) is 5.19. The third-order valence-corrected chi connectivity index (χ3v) is 4.33. The molecule has 7 nitrogen and oxygen atoms in total. The number of ether oxygens (including phenoxy) is 3. The van der Waals surface area contributed by atoms with Gasteiger partial charge in [0.2, 0.25) is 5.88 Å². The van der Waals surface area contributed by atoms with Gasteiger partial charge in [0.1, 0.15) is 17.0 Å². The van der Waals surface area contributed by atoms with Gasteiger partial charge in [0, 0.05) is 16.5 Å². The number of hydrogen-bond acceptors (Lipinski definition) is 6. The first-order valence-electron chi connectivity index (χ1n) is 9.77. The summed E-state index contributed by atoms with van der Waals surface area (Å²) in [5.74, 6) is 0.363. The van der Waals surface area contributed by atoms with Gasteiger partial charge in [0.05, 0.1) is 12.6 Å². The molecule has 0 aliphatic heterocycles. The Hall–Kier alpha value is -3.58. The first kappa shape index (κ1) is 23.1. The number of esters is 1. The minimum absolute atomic E-state index is 0.0447. The fraction of sp³-hybridized carbons (Fsp3) is 0.208. The number of nitrogens with one attached hydrogen (secondary N) is 1. The molecule has 0 spiro atoms. The second kappa shape index (κ2) is 9.70. The predicted molar refractivity (Wildman–Crippen MR) is 123 cm³/mol. The maximum atomic E-state index is 12.1. The number of nitrogens with zero attached hydrogens (tertiary/aromatic N) is 1. The molecule has 0 radical (unpaired) electrons. The number of benzene rings is 2. The predicted octanol–water partition coefficient (Wildman–Crippen LogP) is 5.72. The summed E-state index contributed by atoms with van der Waals surface area (Å²) in [5, 5.41) is 3.89. The highest BCUT2D eigenvalue weighted by Gasteiger charge is 2.20. The van der Waals surface area contributed by atoms with E-state index >= 15 is 0 Å². The van der Waals surface area contributed by atoms with Crippen molar-refractivity contribution in [2.75, 3.05) is 7.11 Å². The van der Waals surface area contributed by atoms with Crippen LogP contribution in [0, 0.1) is 0 Å². The molecule has 1 heterocycles. The molecule has 1 amide bonds. The molecular formula is C24H23ClN2O5. The Morgan fingerprint density at radius 2 is 1.75 bits per heavy atom. The van der Waals surface area contributed by atoms with Gasteiger partial charge in [-0.3, -0.25) is 5.32 Å². The van der Waals surface area contributed by atoms with Crippen LogP contribution >= 0.6 is 11.6 Å². The molecule has 3 rings (SSSR count). The molecule has 8 heteroatoms. The van der Waals surface area contributed by atoms with Gasteiger partial charge in [0.25, 0.3) is 0 Å². The number of carbonyl (C=O) groups excluding carboxylic acids is 2. The molecule has 0 unspecified atom stereocenters. The maximum Gasteiger partial charge on any atom is 0.412 e. The third kappa shape index (κ3) is 6.46. The lowest BCUT2D eigenvalue weighted by Gasteiger charge is -2.20. The van der Waals surface area contributed by atoms with Crippen LogP contribution in [-0.4, -0.2) is 29.8 Å². The van der Waals surface area contributed by atoms with E-state index in [0.29, 0.717) is 27.7 Å². The van der Waals surface area contributed by atoms with Crippen LogP contribution in [0.1, 0.15) is 26.3 Å². The molecule has 0 bridgehead atoms. The Labute approximate surface area is 191 Å². The van der Waals surface area contributed by atoms with Crippen LogP contribution in [0.3, 0.4) is 0 Å². The Morgan fingerprint density at radius 1 is 1.03 bits per heavy atom. The van der Waals surface area contributed by atoms with Crippen LogP contribution in [0.15, 0.2) is 60.3 Å². The molecule has 1 aromatic heterocycles. The highest BCUT2D eigenvalue weighted by atomic mass is 35.5. The van der Waals surface area contributed by atoms with Gasteiger partial charge in [-0.15, -0.1) is 0 Å². The van der Waals surface area contributed by atoms with Crippen LogP contribution in [-0.2, 0) is 14.3 Å². The molecule has 0 saturated heterocycles. The first-order valence-corrected chi connectivity index (χ1v) is 10.1. The fourth-order valence-electron chi connectivity index (χ4n) is 2.73. The van der Waals surface area contributed by atoms with Gasteiger partial charge in [-0.05, 0) is 74.9 Å². The van der Waals surface area contributed by atoms with E-state index in [-0.39, 0.29) is 5.70 Å². The molecule has 0 aliphatic carbocycles. The van der Waals surface area contributed by atoms with Gasteiger partial charge in [-0.1, -0.05) is 17.7 Å². The second-order valence-electron chi connectivity index (χ2n) is 7.83. The lowest BCUT2D eigenvalue weighted by atomic mass is 10.1. The first-order chi connectivity index (χ1) is 15.1. The molecule has 0 atom stereocenters. The van der Waals surface area contributed by atoms with Crippen molar-refractivity contribution >= 4 is 40.6 Å². The Bertz CT molecular complexity index is 1170. The van der Waals surface area contributed by atoms with Crippen molar-refractivity contribution < 1.29 is 23.8 Å². The average molecular weight is 455 g/mol. The lowest BCUT2D eigenvalue weighted by molar-refractivity contribution is -0.136. The average Bonchev–Trinajstić information content (AvgIpc) is 2.73. The highest BCUT2D eigenvalue weighted by molar-refractivity contribution is 6.30. The van der Waals surface area contributed by atoms with E-state index in [1.165, 1.54) is 13.2 Å².